The molecule has 5 rings (SSSR count). The molecule has 0 N–H and O–H groups in total. The van der Waals surface area contributed by atoms with Gasteiger partial charge in [0.05, 0.1) is 24.1 Å². The largest absolute Gasteiger partial charge is 0.495 e. The van der Waals surface area contributed by atoms with Crippen molar-refractivity contribution in [2.24, 2.45) is 0 Å². The number of para-hydroxylation sites is 2. The van der Waals surface area contributed by atoms with Gasteiger partial charge in [-0.1, -0.05) is 66.7 Å². The summed E-state index contributed by atoms with van der Waals surface area (Å²) in [5, 5.41) is 0. The molecule has 0 saturated heterocycles. The third-order valence-corrected chi connectivity index (χ3v) is 6.29. The molecule has 4 aromatic rings. The molecular formula is C28H26N2O2. The molecule has 0 aliphatic carbocycles. The molecule has 0 bridgehead atoms. The fourth-order valence-corrected chi connectivity index (χ4v) is 4.61. The summed E-state index contributed by atoms with van der Waals surface area (Å²) in [5.41, 5.74) is 7.18. The molecule has 32 heavy (non-hydrogen) atoms. The number of fused-ring (bicyclic) bond motifs is 1. The molecule has 0 unspecified atom stereocenters. The third-order valence-electron chi connectivity index (χ3n) is 6.29. The lowest BCUT2D eigenvalue weighted by Gasteiger charge is -2.29. The molecule has 4 nitrogen and oxygen atoms in total. The van der Waals surface area contributed by atoms with Gasteiger partial charge in [0.15, 0.2) is 0 Å². The number of nitrogens with zero attached hydrogens (tertiary/aromatic N) is 2. The van der Waals surface area contributed by atoms with E-state index in [0.717, 1.165) is 46.9 Å². The van der Waals surface area contributed by atoms with Crippen LogP contribution in [0.4, 0.5) is 0 Å². The number of hydrogen-bond donors (Lipinski definition) is 0. The Hall–Kier alpha value is -3.79. The van der Waals surface area contributed by atoms with Crippen molar-refractivity contribution in [2.45, 2.75) is 19.9 Å². The molecule has 3 aromatic carbocycles. The summed E-state index contributed by atoms with van der Waals surface area (Å²) in [7, 11) is 1.68. The van der Waals surface area contributed by atoms with Gasteiger partial charge in [0.2, 0.25) is 0 Å². The van der Waals surface area contributed by atoms with E-state index in [1.807, 2.05) is 66.4 Å². The van der Waals surface area contributed by atoms with Gasteiger partial charge in [-0.15, -0.1) is 0 Å². The van der Waals surface area contributed by atoms with Gasteiger partial charge in [0, 0.05) is 18.8 Å². The molecule has 0 radical (unpaired) electrons. The Morgan fingerprint density at radius 1 is 0.875 bits per heavy atom. The Bertz CT molecular complexity index is 1270. The number of hydrogen-bond acceptors (Lipinski definition) is 2. The molecular weight excluding hydrogens is 396 g/mol. The van der Waals surface area contributed by atoms with Crippen LogP contribution in [-0.2, 0) is 13.0 Å². The van der Waals surface area contributed by atoms with Crippen LogP contribution in [0.25, 0.3) is 16.9 Å². The zero-order chi connectivity index (χ0) is 22.1. The second kappa shape index (κ2) is 8.39. The first-order chi connectivity index (χ1) is 15.7. The maximum Gasteiger partial charge on any atom is 0.256 e. The minimum atomic E-state index is 0.0721. The van der Waals surface area contributed by atoms with Crippen molar-refractivity contribution in [3.05, 3.63) is 107 Å². The molecule has 1 aliphatic heterocycles. The van der Waals surface area contributed by atoms with Crippen molar-refractivity contribution in [3.8, 4) is 22.7 Å². The van der Waals surface area contributed by atoms with Crippen molar-refractivity contribution >= 4 is 5.91 Å². The molecule has 4 heteroatoms. The molecule has 0 spiro atoms. The number of benzene rings is 3. The summed E-state index contributed by atoms with van der Waals surface area (Å²) in [6.45, 7) is 3.40. The van der Waals surface area contributed by atoms with E-state index in [2.05, 4.69) is 34.9 Å². The molecule has 2 heterocycles. The minimum Gasteiger partial charge on any atom is -0.495 e. The van der Waals surface area contributed by atoms with Crippen LogP contribution in [0, 0.1) is 6.92 Å². The number of carbonyl (C=O) groups is 1. The quantitative estimate of drug-likeness (QED) is 0.425. The minimum absolute atomic E-state index is 0.0721. The lowest BCUT2D eigenvalue weighted by Crippen LogP contribution is -2.36. The van der Waals surface area contributed by atoms with Gasteiger partial charge in [0.1, 0.15) is 5.75 Å². The van der Waals surface area contributed by atoms with E-state index in [1.165, 1.54) is 11.1 Å². The van der Waals surface area contributed by atoms with Gasteiger partial charge in [-0.2, -0.15) is 0 Å². The highest BCUT2D eigenvalue weighted by Crippen LogP contribution is 2.34. The lowest BCUT2D eigenvalue weighted by atomic mass is 9.99. The number of aromatic nitrogens is 1. The summed E-state index contributed by atoms with van der Waals surface area (Å²) in [4.78, 5) is 15.7. The number of amides is 1. The number of methoxy groups -OCH3 is 1. The van der Waals surface area contributed by atoms with E-state index < -0.39 is 0 Å². The highest BCUT2D eigenvalue weighted by atomic mass is 16.5. The maximum absolute atomic E-state index is 13.7. The Kier molecular flexibility index (Phi) is 5.28. The van der Waals surface area contributed by atoms with Gasteiger partial charge in [-0.05, 0) is 48.2 Å². The summed E-state index contributed by atoms with van der Waals surface area (Å²) in [6.07, 6.45) is 0.889. The van der Waals surface area contributed by atoms with Crippen LogP contribution in [0.3, 0.4) is 0 Å². The van der Waals surface area contributed by atoms with Crippen LogP contribution >= 0.6 is 0 Å². The van der Waals surface area contributed by atoms with E-state index in [-0.39, 0.29) is 5.91 Å². The standard InChI is InChI=1S/C28H26N2O2/c1-20-24(28(31)29-17-16-21-10-6-7-13-23(21)19-29)18-26(22-11-4-3-5-12-22)30(20)25-14-8-9-15-27(25)32-2/h3-15,18H,16-17,19H2,1-2H3. The molecule has 1 aliphatic rings. The van der Waals surface area contributed by atoms with Crippen LogP contribution in [-0.4, -0.2) is 29.0 Å². The Morgan fingerprint density at radius 3 is 2.34 bits per heavy atom. The van der Waals surface area contributed by atoms with Crippen molar-refractivity contribution in [2.75, 3.05) is 13.7 Å². The second-order valence-electron chi connectivity index (χ2n) is 8.15. The first kappa shape index (κ1) is 20.1. The highest BCUT2D eigenvalue weighted by molar-refractivity contribution is 5.97. The number of rotatable bonds is 4. The monoisotopic (exact) mass is 422 g/mol. The third kappa shape index (κ3) is 3.48. The highest BCUT2D eigenvalue weighted by Gasteiger charge is 2.27. The molecule has 0 atom stereocenters. The van der Waals surface area contributed by atoms with Crippen LogP contribution in [0.2, 0.25) is 0 Å². The maximum atomic E-state index is 13.7. The lowest BCUT2D eigenvalue weighted by molar-refractivity contribution is 0.0734. The molecule has 0 saturated carbocycles. The van der Waals surface area contributed by atoms with E-state index in [1.54, 1.807) is 7.11 Å². The predicted molar refractivity (Wildman–Crippen MR) is 127 cm³/mol. The van der Waals surface area contributed by atoms with Crippen LogP contribution < -0.4 is 4.74 Å². The van der Waals surface area contributed by atoms with E-state index in [4.69, 9.17) is 4.74 Å². The fraction of sp³-hybridized carbons (Fsp3) is 0.179. The normalized spacial score (nSPS) is 13.0. The molecule has 1 amide bonds. The summed E-state index contributed by atoms with van der Waals surface area (Å²) in [6, 6.07) is 28.6. The van der Waals surface area contributed by atoms with Crippen molar-refractivity contribution in [1.29, 1.82) is 0 Å². The number of carbonyl (C=O) groups excluding carboxylic acids is 1. The zero-order valence-electron chi connectivity index (χ0n) is 18.4. The van der Waals surface area contributed by atoms with Crippen LogP contribution in [0.15, 0.2) is 84.9 Å². The molecule has 160 valence electrons. The van der Waals surface area contributed by atoms with E-state index >= 15 is 0 Å². The molecule has 0 fully saturated rings. The smallest absolute Gasteiger partial charge is 0.256 e. The SMILES string of the molecule is COc1ccccc1-n1c(-c2ccccc2)cc(C(=O)N2CCc3ccccc3C2)c1C. The Balaban J connectivity index is 1.61. The van der Waals surface area contributed by atoms with E-state index in [9.17, 15) is 4.79 Å². The first-order valence-electron chi connectivity index (χ1n) is 10.9. The van der Waals surface area contributed by atoms with Crippen molar-refractivity contribution < 1.29 is 9.53 Å². The van der Waals surface area contributed by atoms with Gasteiger partial charge in [-0.25, -0.2) is 0 Å². The van der Waals surface area contributed by atoms with Gasteiger partial charge >= 0.3 is 0 Å². The zero-order valence-corrected chi connectivity index (χ0v) is 18.4. The van der Waals surface area contributed by atoms with Crippen molar-refractivity contribution in [1.82, 2.24) is 9.47 Å². The van der Waals surface area contributed by atoms with Gasteiger partial charge < -0.3 is 14.2 Å². The average Bonchev–Trinajstić information content (AvgIpc) is 3.20. The topological polar surface area (TPSA) is 34.5 Å². The predicted octanol–water partition coefficient (Wildman–Crippen LogP) is 5.66. The first-order valence-corrected chi connectivity index (χ1v) is 10.9. The summed E-state index contributed by atoms with van der Waals surface area (Å²) >= 11 is 0. The van der Waals surface area contributed by atoms with E-state index in [0.29, 0.717) is 6.54 Å². The Labute approximate surface area is 188 Å². The van der Waals surface area contributed by atoms with Crippen LogP contribution in [0.1, 0.15) is 27.2 Å². The second-order valence-corrected chi connectivity index (χ2v) is 8.15. The number of ether oxygens (including phenoxy) is 1. The summed E-state index contributed by atoms with van der Waals surface area (Å²) < 4.78 is 7.79. The summed E-state index contributed by atoms with van der Waals surface area (Å²) in [5.74, 6) is 0.845. The molecule has 1 aromatic heterocycles. The average molecular weight is 423 g/mol. The Morgan fingerprint density at radius 2 is 1.56 bits per heavy atom. The van der Waals surface area contributed by atoms with Crippen LogP contribution in [0.5, 0.6) is 5.75 Å². The van der Waals surface area contributed by atoms with Gasteiger partial charge in [-0.3, -0.25) is 4.79 Å². The van der Waals surface area contributed by atoms with Gasteiger partial charge in [0.25, 0.3) is 5.91 Å². The fourth-order valence-electron chi connectivity index (χ4n) is 4.61. The van der Waals surface area contributed by atoms with Crippen molar-refractivity contribution in [3.63, 3.8) is 0 Å².